The molecule has 0 saturated carbocycles. The number of thiophene rings is 1. The molecule has 2 aromatic rings. The van der Waals surface area contributed by atoms with Crippen molar-refractivity contribution in [2.75, 3.05) is 11.9 Å². The molecular weight excluding hydrogens is 296 g/mol. The number of pyridine rings is 1. The quantitative estimate of drug-likeness (QED) is 0.857. The zero-order chi connectivity index (χ0) is 14.4. The minimum Gasteiger partial charge on any atom is -0.395 e. The number of aromatic nitrogens is 1. The van der Waals surface area contributed by atoms with E-state index < -0.39 is 0 Å². The lowest BCUT2D eigenvalue weighted by Gasteiger charge is -2.03. The minimum absolute atomic E-state index is 0.00730. The summed E-state index contributed by atoms with van der Waals surface area (Å²) < 4.78 is 0. The average Bonchev–Trinajstić information content (AvgIpc) is 2.90. The number of nitrogens with one attached hydrogen (secondary N) is 1. The van der Waals surface area contributed by atoms with Crippen LogP contribution < -0.4 is 5.32 Å². The molecule has 0 aromatic carbocycles. The summed E-state index contributed by atoms with van der Waals surface area (Å²) in [6.45, 7) is 0.00730. The Labute approximate surface area is 125 Å². The molecule has 0 unspecified atom stereocenters. The first-order valence-corrected chi connectivity index (χ1v) is 7.06. The number of hydrogen-bond acceptors (Lipinski definition) is 4. The van der Waals surface area contributed by atoms with E-state index in [1.807, 2.05) is 0 Å². The van der Waals surface area contributed by atoms with E-state index in [4.69, 9.17) is 16.7 Å². The fraction of sp³-hybridized carbons (Fsp3) is 0.143. The molecule has 2 heterocycles. The van der Waals surface area contributed by atoms with Gasteiger partial charge in [-0.3, -0.25) is 4.79 Å². The van der Waals surface area contributed by atoms with Crippen LogP contribution in [0.4, 0.5) is 5.82 Å². The van der Waals surface area contributed by atoms with Crippen LogP contribution in [-0.2, 0) is 0 Å². The van der Waals surface area contributed by atoms with Gasteiger partial charge in [0.1, 0.15) is 10.7 Å². The fourth-order valence-electron chi connectivity index (χ4n) is 1.42. The number of hydrogen-bond donors (Lipinski definition) is 2. The highest BCUT2D eigenvalue weighted by Crippen LogP contribution is 2.18. The molecule has 0 bridgehead atoms. The lowest BCUT2D eigenvalue weighted by molar-refractivity contribution is 0.103. The van der Waals surface area contributed by atoms with Gasteiger partial charge in [-0.1, -0.05) is 23.4 Å². The van der Waals surface area contributed by atoms with Gasteiger partial charge in [-0.05, 0) is 23.6 Å². The molecule has 0 aliphatic carbocycles. The van der Waals surface area contributed by atoms with Crippen LogP contribution in [0.3, 0.4) is 0 Å². The summed E-state index contributed by atoms with van der Waals surface area (Å²) in [6.07, 6.45) is 1.85. The standard InChI is InChI=1S/C14H11ClN2O2S/c15-11-4-5-12(16-9-11)17-14(19)13-10(6-8-20-13)3-1-2-7-18/h4-6,8-9,18H,2,7H2,(H,16,17,19). The van der Waals surface area contributed by atoms with Crippen molar-refractivity contribution in [3.8, 4) is 11.8 Å². The highest BCUT2D eigenvalue weighted by Gasteiger charge is 2.12. The van der Waals surface area contributed by atoms with Crippen LogP contribution in [0.25, 0.3) is 0 Å². The average molecular weight is 307 g/mol. The molecule has 0 aliphatic heterocycles. The van der Waals surface area contributed by atoms with Crippen molar-refractivity contribution in [1.82, 2.24) is 4.98 Å². The van der Waals surface area contributed by atoms with Gasteiger partial charge in [0.2, 0.25) is 0 Å². The van der Waals surface area contributed by atoms with Gasteiger partial charge >= 0.3 is 0 Å². The molecule has 0 saturated heterocycles. The molecule has 6 heteroatoms. The molecule has 0 atom stereocenters. The van der Waals surface area contributed by atoms with Gasteiger partial charge in [0, 0.05) is 18.2 Å². The molecule has 102 valence electrons. The van der Waals surface area contributed by atoms with Gasteiger partial charge in [-0.15, -0.1) is 11.3 Å². The predicted molar refractivity (Wildman–Crippen MR) is 80.1 cm³/mol. The van der Waals surface area contributed by atoms with Gasteiger partial charge in [0.05, 0.1) is 11.6 Å². The van der Waals surface area contributed by atoms with Crippen molar-refractivity contribution in [1.29, 1.82) is 0 Å². The maximum Gasteiger partial charge on any atom is 0.268 e. The molecule has 0 radical (unpaired) electrons. The molecule has 2 rings (SSSR count). The van der Waals surface area contributed by atoms with Crippen LogP contribution in [0.1, 0.15) is 21.7 Å². The highest BCUT2D eigenvalue weighted by atomic mass is 35.5. The third-order valence-corrected chi connectivity index (χ3v) is 3.44. The summed E-state index contributed by atoms with van der Waals surface area (Å²) in [7, 11) is 0. The molecule has 20 heavy (non-hydrogen) atoms. The molecular formula is C14H11ClN2O2S. The fourth-order valence-corrected chi connectivity index (χ4v) is 2.28. The Morgan fingerprint density at radius 2 is 2.30 bits per heavy atom. The normalized spacial score (nSPS) is 9.70. The summed E-state index contributed by atoms with van der Waals surface area (Å²) in [5.74, 6) is 5.84. The van der Waals surface area contributed by atoms with Gasteiger partial charge in [0.15, 0.2) is 0 Å². The maximum absolute atomic E-state index is 12.1. The summed E-state index contributed by atoms with van der Waals surface area (Å²) in [4.78, 5) is 16.6. The SMILES string of the molecule is O=C(Nc1ccc(Cl)cn1)c1sccc1C#CCCO. The second-order valence-corrected chi connectivity index (χ2v) is 5.11. The van der Waals surface area contributed by atoms with Crippen molar-refractivity contribution < 1.29 is 9.90 Å². The lowest BCUT2D eigenvalue weighted by atomic mass is 10.2. The number of halogens is 1. The Bertz CT molecular complexity index is 656. The van der Waals surface area contributed by atoms with E-state index in [1.165, 1.54) is 17.5 Å². The predicted octanol–water partition coefficient (Wildman–Crippen LogP) is 2.78. The van der Waals surface area contributed by atoms with Crippen LogP contribution in [-0.4, -0.2) is 22.6 Å². The van der Waals surface area contributed by atoms with Crippen LogP contribution in [0.2, 0.25) is 5.02 Å². The first-order valence-electron chi connectivity index (χ1n) is 5.81. The zero-order valence-electron chi connectivity index (χ0n) is 10.4. The summed E-state index contributed by atoms with van der Waals surface area (Å²) in [5, 5.41) is 13.7. The number of rotatable bonds is 3. The largest absolute Gasteiger partial charge is 0.395 e. The van der Waals surface area contributed by atoms with Crippen LogP contribution in [0.5, 0.6) is 0 Å². The smallest absolute Gasteiger partial charge is 0.268 e. The monoisotopic (exact) mass is 306 g/mol. The zero-order valence-corrected chi connectivity index (χ0v) is 12.0. The molecule has 0 fully saturated rings. The van der Waals surface area contributed by atoms with E-state index in [0.717, 1.165) is 0 Å². The number of amides is 1. The Kier molecular flexibility index (Phi) is 5.13. The van der Waals surface area contributed by atoms with E-state index >= 15 is 0 Å². The summed E-state index contributed by atoms with van der Waals surface area (Å²) in [5.41, 5.74) is 0.648. The third-order valence-electron chi connectivity index (χ3n) is 2.30. The maximum atomic E-state index is 12.1. The van der Waals surface area contributed by atoms with Crippen molar-refractivity contribution >= 4 is 34.7 Å². The van der Waals surface area contributed by atoms with Crippen LogP contribution >= 0.6 is 22.9 Å². The van der Waals surface area contributed by atoms with E-state index in [1.54, 1.807) is 23.6 Å². The van der Waals surface area contributed by atoms with Gasteiger partial charge in [-0.2, -0.15) is 0 Å². The second kappa shape index (κ2) is 7.06. The van der Waals surface area contributed by atoms with Crippen molar-refractivity contribution in [2.45, 2.75) is 6.42 Å². The summed E-state index contributed by atoms with van der Waals surface area (Å²) >= 11 is 7.04. The first-order chi connectivity index (χ1) is 9.70. The molecule has 4 nitrogen and oxygen atoms in total. The van der Waals surface area contributed by atoms with Crippen molar-refractivity contribution in [3.63, 3.8) is 0 Å². The molecule has 2 aromatic heterocycles. The number of carbonyl (C=O) groups excluding carboxylic acids is 1. The topological polar surface area (TPSA) is 62.2 Å². The lowest BCUT2D eigenvalue weighted by Crippen LogP contribution is -2.12. The molecule has 0 aliphatic rings. The number of carbonyl (C=O) groups is 1. The van der Waals surface area contributed by atoms with E-state index in [9.17, 15) is 4.79 Å². The first kappa shape index (κ1) is 14.5. The van der Waals surface area contributed by atoms with Crippen molar-refractivity contribution in [3.05, 3.63) is 45.2 Å². The third kappa shape index (κ3) is 3.81. The van der Waals surface area contributed by atoms with E-state index in [2.05, 4.69) is 22.1 Å². The Balaban J connectivity index is 2.12. The Morgan fingerprint density at radius 1 is 1.45 bits per heavy atom. The van der Waals surface area contributed by atoms with Crippen LogP contribution in [0, 0.1) is 11.8 Å². The molecule has 2 N–H and O–H groups in total. The van der Waals surface area contributed by atoms with Gasteiger partial charge in [-0.25, -0.2) is 4.98 Å². The minimum atomic E-state index is -0.261. The van der Waals surface area contributed by atoms with E-state index in [0.29, 0.717) is 27.7 Å². The van der Waals surface area contributed by atoms with Crippen molar-refractivity contribution in [2.24, 2.45) is 0 Å². The number of nitrogens with zero attached hydrogens (tertiary/aromatic N) is 1. The van der Waals surface area contributed by atoms with E-state index in [-0.39, 0.29) is 12.5 Å². The molecule has 0 spiro atoms. The van der Waals surface area contributed by atoms with Gasteiger partial charge in [0.25, 0.3) is 5.91 Å². The number of aliphatic hydroxyl groups excluding tert-OH is 1. The van der Waals surface area contributed by atoms with Crippen LogP contribution in [0.15, 0.2) is 29.8 Å². The van der Waals surface area contributed by atoms with Gasteiger partial charge < -0.3 is 10.4 Å². The number of aliphatic hydroxyl groups is 1. The second-order valence-electron chi connectivity index (χ2n) is 3.75. The Morgan fingerprint density at radius 3 is 3.00 bits per heavy atom. The molecule has 1 amide bonds. The highest BCUT2D eigenvalue weighted by molar-refractivity contribution is 7.12. The Hall–Kier alpha value is -1.87. The number of anilines is 1. The summed E-state index contributed by atoms with van der Waals surface area (Å²) in [6, 6.07) is 5.06.